The first kappa shape index (κ1) is 16.9. The van der Waals surface area contributed by atoms with Gasteiger partial charge in [0, 0.05) is 17.0 Å². The van der Waals surface area contributed by atoms with Crippen molar-refractivity contribution in [1.82, 2.24) is 4.90 Å². The van der Waals surface area contributed by atoms with E-state index < -0.39 is 0 Å². The first-order chi connectivity index (χ1) is 10.8. The number of nitrogens with zero attached hydrogens (tertiary/aromatic N) is 1. The fourth-order valence-corrected chi connectivity index (χ4v) is 3.34. The summed E-state index contributed by atoms with van der Waals surface area (Å²) in [4.78, 5) is 5.09. The summed E-state index contributed by atoms with van der Waals surface area (Å²) in [7, 11) is 0. The average Bonchev–Trinajstić information content (AvgIpc) is 2.59. The van der Waals surface area contributed by atoms with Crippen molar-refractivity contribution in [2.45, 2.75) is 33.1 Å². The zero-order valence-electron chi connectivity index (χ0n) is 13.6. The Hall–Kier alpha value is -1.43. The van der Waals surface area contributed by atoms with Crippen LogP contribution in [0.5, 0.6) is 0 Å². The van der Waals surface area contributed by atoms with Crippen LogP contribution >= 0.6 is 11.8 Å². The monoisotopic (exact) mass is 311 g/mol. The molecule has 1 aromatic carbocycles. The van der Waals surface area contributed by atoms with E-state index in [2.05, 4.69) is 54.9 Å². The van der Waals surface area contributed by atoms with Gasteiger partial charge in [0.1, 0.15) is 0 Å². The van der Waals surface area contributed by atoms with Gasteiger partial charge in [0.05, 0.1) is 4.91 Å². The summed E-state index contributed by atoms with van der Waals surface area (Å²) < 4.78 is 0. The smallest absolute Gasteiger partial charge is 0.0579 e. The van der Waals surface area contributed by atoms with Gasteiger partial charge in [0.25, 0.3) is 0 Å². The summed E-state index contributed by atoms with van der Waals surface area (Å²) in [5, 5.41) is 0. The molecule has 0 aliphatic carbocycles. The van der Waals surface area contributed by atoms with E-state index in [0.717, 1.165) is 17.0 Å². The average molecular weight is 311 g/mol. The maximum absolute atomic E-state index is 3.30. The van der Waals surface area contributed by atoms with Crippen molar-refractivity contribution in [3.8, 4) is 11.8 Å². The van der Waals surface area contributed by atoms with Crippen molar-refractivity contribution in [2.75, 3.05) is 19.6 Å². The molecule has 1 saturated heterocycles. The molecule has 1 aliphatic rings. The van der Waals surface area contributed by atoms with Crippen LogP contribution in [0.25, 0.3) is 0 Å². The fraction of sp³-hybridized carbons (Fsp3) is 0.400. The topological polar surface area (TPSA) is 3.24 Å². The van der Waals surface area contributed by atoms with E-state index in [1.165, 1.54) is 37.3 Å². The molecule has 2 rings (SSSR count). The molecule has 22 heavy (non-hydrogen) atoms. The summed E-state index contributed by atoms with van der Waals surface area (Å²) in [6.45, 7) is 7.73. The summed E-state index contributed by atoms with van der Waals surface area (Å²) in [5.41, 5.74) is 1.07. The molecule has 0 radical (unpaired) electrons. The molecular weight excluding hydrogens is 286 g/mol. The Bertz CT molecular complexity index is 569. The molecule has 1 aliphatic heterocycles. The standard InChI is InChI=1S/C20H25NS/c1-3-19(14-13-18-11-7-5-8-12-18)22-20(4-2)17-21-15-9-6-10-16-21/h3-5,7-8,11-12H,6,9-10,15-17H2,1-2H3. The van der Waals surface area contributed by atoms with Gasteiger partial charge < -0.3 is 0 Å². The number of thioether (sulfide) groups is 1. The van der Waals surface area contributed by atoms with Gasteiger partial charge in [-0.1, -0.05) is 60.4 Å². The van der Waals surface area contributed by atoms with Crippen LogP contribution in [0.4, 0.5) is 0 Å². The van der Waals surface area contributed by atoms with Gasteiger partial charge in [-0.2, -0.15) is 0 Å². The maximum atomic E-state index is 3.30. The van der Waals surface area contributed by atoms with Crippen LogP contribution in [0.1, 0.15) is 38.7 Å². The molecule has 1 heterocycles. The minimum atomic E-state index is 1.06. The van der Waals surface area contributed by atoms with E-state index in [-0.39, 0.29) is 0 Å². The number of likely N-dealkylation sites (tertiary alicyclic amines) is 1. The van der Waals surface area contributed by atoms with Crippen LogP contribution in [0.2, 0.25) is 0 Å². The highest BCUT2D eigenvalue weighted by atomic mass is 32.2. The van der Waals surface area contributed by atoms with Crippen LogP contribution in [-0.2, 0) is 0 Å². The van der Waals surface area contributed by atoms with Crippen molar-refractivity contribution < 1.29 is 0 Å². The van der Waals surface area contributed by atoms with Gasteiger partial charge in [-0.3, -0.25) is 4.90 Å². The molecule has 0 aromatic heterocycles. The van der Waals surface area contributed by atoms with Crippen molar-refractivity contribution in [3.05, 3.63) is 57.9 Å². The zero-order chi connectivity index (χ0) is 15.6. The minimum absolute atomic E-state index is 1.06. The normalized spacial score (nSPS) is 17.0. The Morgan fingerprint density at radius 1 is 1.09 bits per heavy atom. The summed E-state index contributed by atoms with van der Waals surface area (Å²) in [6, 6.07) is 10.2. The molecule has 1 nitrogen and oxygen atoms in total. The molecular formula is C20H25NS. The van der Waals surface area contributed by atoms with Gasteiger partial charge in [-0.25, -0.2) is 0 Å². The molecule has 0 bridgehead atoms. The van der Waals surface area contributed by atoms with Crippen molar-refractivity contribution in [1.29, 1.82) is 0 Å². The van der Waals surface area contributed by atoms with Crippen LogP contribution in [0.15, 0.2) is 52.3 Å². The van der Waals surface area contributed by atoms with E-state index in [0.29, 0.717) is 0 Å². The summed E-state index contributed by atoms with van der Waals surface area (Å²) >= 11 is 1.81. The third-order valence-corrected chi connectivity index (χ3v) is 4.94. The van der Waals surface area contributed by atoms with Gasteiger partial charge in [-0.05, 0) is 51.9 Å². The Morgan fingerprint density at radius 2 is 1.82 bits per heavy atom. The third-order valence-electron chi connectivity index (χ3n) is 3.76. The van der Waals surface area contributed by atoms with Crippen molar-refractivity contribution >= 4 is 11.8 Å². The molecule has 1 aromatic rings. The lowest BCUT2D eigenvalue weighted by atomic mass is 10.1. The van der Waals surface area contributed by atoms with Gasteiger partial charge >= 0.3 is 0 Å². The second kappa shape index (κ2) is 9.56. The number of hydrogen-bond donors (Lipinski definition) is 0. The SMILES string of the molecule is CC=C(C#Cc1ccccc1)SC(=CC)CN1CCCCC1. The maximum Gasteiger partial charge on any atom is 0.0579 e. The summed E-state index contributed by atoms with van der Waals surface area (Å²) in [6.07, 6.45) is 8.41. The van der Waals surface area contributed by atoms with Gasteiger partial charge in [0.15, 0.2) is 0 Å². The number of hydrogen-bond acceptors (Lipinski definition) is 2. The van der Waals surface area contributed by atoms with E-state index in [1.54, 1.807) is 0 Å². The van der Waals surface area contributed by atoms with E-state index >= 15 is 0 Å². The predicted octanol–water partition coefficient (Wildman–Crippen LogP) is 5.06. The molecule has 0 saturated carbocycles. The van der Waals surface area contributed by atoms with Crippen LogP contribution in [0, 0.1) is 11.8 Å². The molecule has 116 valence electrons. The molecule has 0 atom stereocenters. The predicted molar refractivity (Wildman–Crippen MR) is 98.7 cm³/mol. The van der Waals surface area contributed by atoms with E-state index in [1.807, 2.05) is 30.0 Å². The molecule has 0 unspecified atom stereocenters. The highest BCUT2D eigenvalue weighted by Crippen LogP contribution is 2.26. The Morgan fingerprint density at radius 3 is 2.45 bits per heavy atom. The zero-order valence-corrected chi connectivity index (χ0v) is 14.5. The van der Waals surface area contributed by atoms with Crippen molar-refractivity contribution in [2.24, 2.45) is 0 Å². The Balaban J connectivity index is 1.95. The van der Waals surface area contributed by atoms with Gasteiger partial charge in [-0.15, -0.1) is 0 Å². The molecule has 0 N–H and O–H groups in total. The van der Waals surface area contributed by atoms with E-state index in [4.69, 9.17) is 0 Å². The van der Waals surface area contributed by atoms with Crippen LogP contribution in [0.3, 0.4) is 0 Å². The lowest BCUT2D eigenvalue weighted by Gasteiger charge is -2.27. The second-order valence-corrected chi connectivity index (χ2v) is 6.63. The van der Waals surface area contributed by atoms with E-state index in [9.17, 15) is 0 Å². The quantitative estimate of drug-likeness (QED) is 0.715. The molecule has 0 spiro atoms. The molecule has 0 amide bonds. The number of benzene rings is 1. The van der Waals surface area contributed by atoms with Crippen LogP contribution < -0.4 is 0 Å². The van der Waals surface area contributed by atoms with Crippen LogP contribution in [-0.4, -0.2) is 24.5 Å². The Kier molecular flexibility index (Phi) is 7.36. The lowest BCUT2D eigenvalue weighted by Crippen LogP contribution is -2.31. The molecule has 1 fully saturated rings. The van der Waals surface area contributed by atoms with Crippen molar-refractivity contribution in [3.63, 3.8) is 0 Å². The number of rotatable bonds is 4. The number of allylic oxidation sites excluding steroid dienone is 3. The lowest BCUT2D eigenvalue weighted by molar-refractivity contribution is 0.250. The first-order valence-electron chi connectivity index (χ1n) is 8.10. The number of piperidine rings is 1. The molecule has 2 heteroatoms. The van der Waals surface area contributed by atoms with Gasteiger partial charge in [0.2, 0.25) is 0 Å². The highest BCUT2D eigenvalue weighted by Gasteiger charge is 2.12. The Labute approximate surface area is 139 Å². The fourth-order valence-electron chi connectivity index (χ4n) is 2.47. The largest absolute Gasteiger partial charge is 0.299 e. The first-order valence-corrected chi connectivity index (χ1v) is 8.92. The highest BCUT2D eigenvalue weighted by molar-refractivity contribution is 8.07. The summed E-state index contributed by atoms with van der Waals surface area (Å²) in [5.74, 6) is 6.55. The second-order valence-electron chi connectivity index (χ2n) is 5.46. The minimum Gasteiger partial charge on any atom is -0.299 e. The third kappa shape index (κ3) is 5.75.